The van der Waals surface area contributed by atoms with Crippen molar-refractivity contribution in [3.8, 4) is 11.5 Å². The number of ether oxygens (including phenoxy) is 2. The minimum absolute atomic E-state index is 0.111. The molecule has 0 atom stereocenters. The van der Waals surface area contributed by atoms with Gasteiger partial charge >= 0.3 is 0 Å². The van der Waals surface area contributed by atoms with E-state index in [2.05, 4.69) is 17.4 Å². The minimum Gasteiger partial charge on any atom is -0.493 e. The van der Waals surface area contributed by atoms with Crippen molar-refractivity contribution in [2.45, 2.75) is 38.5 Å². The van der Waals surface area contributed by atoms with E-state index in [4.69, 9.17) is 9.47 Å². The molecule has 0 spiro atoms. The monoisotopic (exact) mass is 501 g/mol. The number of hydrogen-bond acceptors (Lipinski definition) is 4. The van der Waals surface area contributed by atoms with Crippen molar-refractivity contribution < 1.29 is 19.1 Å². The first kappa shape index (κ1) is 24.9. The molecule has 1 saturated heterocycles. The van der Waals surface area contributed by atoms with Gasteiger partial charge in [0, 0.05) is 43.3 Å². The van der Waals surface area contributed by atoms with Gasteiger partial charge in [0.2, 0.25) is 0 Å². The molecular weight excluding hydrogens is 466 g/mol. The topological polar surface area (TPSA) is 72.8 Å². The first-order valence-corrected chi connectivity index (χ1v) is 13.1. The summed E-state index contributed by atoms with van der Waals surface area (Å²) >= 11 is 0. The quantitative estimate of drug-likeness (QED) is 0.448. The lowest BCUT2D eigenvalue weighted by Gasteiger charge is -2.32. The fourth-order valence-electron chi connectivity index (χ4n) is 4.85. The standard InChI is InChI=1S/C30H35N3O4/c1-20-16-25(18-32(20)2)30(35)33-14-12-23(13-15-33)22-6-9-26(10-7-22)31-29(34)24-8-11-27(36-3)28(17-24)37-19-21-4-5-21/h6-11,16-18,21,23H,4-5,12-15,19H2,1-3H3,(H,31,34). The largest absolute Gasteiger partial charge is 0.493 e. The van der Waals surface area contributed by atoms with E-state index < -0.39 is 0 Å². The Bertz CT molecular complexity index is 1250. The lowest BCUT2D eigenvalue weighted by molar-refractivity contribution is 0.0713. The molecule has 1 aromatic heterocycles. The van der Waals surface area contributed by atoms with Gasteiger partial charge in [-0.15, -0.1) is 0 Å². The van der Waals surface area contributed by atoms with E-state index in [9.17, 15) is 9.59 Å². The summed E-state index contributed by atoms with van der Waals surface area (Å²) in [6.45, 7) is 4.16. The number of aryl methyl sites for hydroxylation is 2. The number of aromatic nitrogens is 1. The summed E-state index contributed by atoms with van der Waals surface area (Å²) < 4.78 is 13.3. The van der Waals surface area contributed by atoms with Crippen LogP contribution in [0.25, 0.3) is 0 Å². The fraction of sp³-hybridized carbons (Fsp3) is 0.400. The molecule has 5 rings (SSSR count). The van der Waals surface area contributed by atoms with Crippen molar-refractivity contribution in [1.82, 2.24) is 9.47 Å². The van der Waals surface area contributed by atoms with Crippen molar-refractivity contribution in [2.75, 3.05) is 32.1 Å². The minimum atomic E-state index is -0.186. The molecule has 7 heteroatoms. The Morgan fingerprint density at radius 1 is 0.946 bits per heavy atom. The van der Waals surface area contributed by atoms with E-state index in [0.717, 1.165) is 42.9 Å². The third-order valence-corrected chi connectivity index (χ3v) is 7.52. The van der Waals surface area contributed by atoms with Crippen molar-refractivity contribution >= 4 is 17.5 Å². The molecule has 0 radical (unpaired) electrons. The highest BCUT2D eigenvalue weighted by Gasteiger charge is 2.26. The molecule has 37 heavy (non-hydrogen) atoms. The van der Waals surface area contributed by atoms with E-state index in [1.165, 1.54) is 18.4 Å². The summed E-state index contributed by atoms with van der Waals surface area (Å²) in [6.07, 6.45) is 6.16. The van der Waals surface area contributed by atoms with Gasteiger partial charge in [0.15, 0.2) is 11.5 Å². The van der Waals surface area contributed by atoms with Crippen LogP contribution >= 0.6 is 0 Å². The van der Waals surface area contributed by atoms with Gasteiger partial charge in [-0.05, 0) is 86.4 Å². The van der Waals surface area contributed by atoms with E-state index in [1.807, 2.05) is 47.8 Å². The average Bonchev–Trinajstić information content (AvgIpc) is 3.70. The normalized spacial score (nSPS) is 15.9. The number of piperidine rings is 1. The number of carbonyl (C=O) groups is 2. The van der Waals surface area contributed by atoms with Gasteiger partial charge in [-0.1, -0.05) is 12.1 Å². The lowest BCUT2D eigenvalue weighted by Crippen LogP contribution is -2.37. The molecule has 2 aliphatic rings. The molecule has 1 N–H and O–H groups in total. The summed E-state index contributed by atoms with van der Waals surface area (Å²) in [5.74, 6) is 2.17. The van der Waals surface area contributed by atoms with E-state index in [-0.39, 0.29) is 11.8 Å². The molecule has 2 fully saturated rings. The number of rotatable bonds is 8. The molecule has 3 aromatic rings. The zero-order chi connectivity index (χ0) is 25.9. The van der Waals surface area contributed by atoms with Crippen molar-refractivity contribution in [2.24, 2.45) is 13.0 Å². The van der Waals surface area contributed by atoms with Gasteiger partial charge < -0.3 is 24.3 Å². The highest BCUT2D eigenvalue weighted by Crippen LogP contribution is 2.34. The van der Waals surface area contributed by atoms with Gasteiger partial charge in [0.25, 0.3) is 11.8 Å². The Balaban J connectivity index is 1.16. The van der Waals surface area contributed by atoms with Crippen LogP contribution in [0.5, 0.6) is 11.5 Å². The van der Waals surface area contributed by atoms with Gasteiger partial charge in [-0.2, -0.15) is 0 Å². The van der Waals surface area contributed by atoms with Gasteiger partial charge in [-0.3, -0.25) is 9.59 Å². The number of methoxy groups -OCH3 is 1. The Labute approximate surface area is 218 Å². The summed E-state index contributed by atoms with van der Waals surface area (Å²) in [7, 11) is 3.57. The highest BCUT2D eigenvalue weighted by molar-refractivity contribution is 6.04. The molecule has 1 aliphatic heterocycles. The average molecular weight is 502 g/mol. The fourth-order valence-corrected chi connectivity index (χ4v) is 4.85. The van der Waals surface area contributed by atoms with Crippen LogP contribution in [0.1, 0.15) is 63.6 Å². The van der Waals surface area contributed by atoms with E-state index in [0.29, 0.717) is 35.5 Å². The Hall–Kier alpha value is -3.74. The number of anilines is 1. The number of benzene rings is 2. The van der Waals surface area contributed by atoms with Crippen molar-refractivity contribution in [1.29, 1.82) is 0 Å². The number of amides is 2. The van der Waals surface area contributed by atoms with Gasteiger partial charge in [0.1, 0.15) is 0 Å². The van der Waals surface area contributed by atoms with E-state index >= 15 is 0 Å². The van der Waals surface area contributed by atoms with Crippen LogP contribution < -0.4 is 14.8 Å². The predicted octanol–water partition coefficient (Wildman–Crippen LogP) is 5.40. The van der Waals surface area contributed by atoms with Crippen LogP contribution in [0, 0.1) is 12.8 Å². The molecule has 1 saturated carbocycles. The van der Waals surface area contributed by atoms with Crippen molar-refractivity contribution in [3.05, 3.63) is 77.1 Å². The number of carbonyl (C=O) groups excluding carboxylic acids is 2. The van der Waals surface area contributed by atoms with E-state index in [1.54, 1.807) is 25.3 Å². The third-order valence-electron chi connectivity index (χ3n) is 7.52. The van der Waals surface area contributed by atoms with Crippen LogP contribution in [0.15, 0.2) is 54.7 Å². The summed E-state index contributed by atoms with van der Waals surface area (Å²) in [6, 6.07) is 15.3. The molecule has 7 nitrogen and oxygen atoms in total. The second-order valence-corrected chi connectivity index (χ2v) is 10.2. The Kier molecular flexibility index (Phi) is 7.22. The molecule has 194 valence electrons. The maximum atomic E-state index is 12.9. The molecule has 2 amide bonds. The summed E-state index contributed by atoms with van der Waals surface area (Å²) in [5.41, 5.74) is 4.36. The maximum Gasteiger partial charge on any atom is 0.255 e. The number of nitrogens with zero attached hydrogens (tertiary/aromatic N) is 2. The smallest absolute Gasteiger partial charge is 0.255 e. The number of likely N-dealkylation sites (tertiary alicyclic amines) is 1. The van der Waals surface area contributed by atoms with Crippen LogP contribution in [-0.4, -0.2) is 48.1 Å². The first-order chi connectivity index (χ1) is 17.9. The second kappa shape index (κ2) is 10.7. The zero-order valence-electron chi connectivity index (χ0n) is 21.8. The molecule has 0 bridgehead atoms. The third kappa shape index (κ3) is 5.82. The van der Waals surface area contributed by atoms with Gasteiger partial charge in [-0.25, -0.2) is 0 Å². The zero-order valence-corrected chi connectivity index (χ0v) is 21.8. The number of nitrogens with one attached hydrogen (secondary N) is 1. The predicted molar refractivity (Wildman–Crippen MR) is 144 cm³/mol. The summed E-state index contributed by atoms with van der Waals surface area (Å²) in [5, 5.41) is 2.99. The second-order valence-electron chi connectivity index (χ2n) is 10.2. The maximum absolute atomic E-state index is 12.9. The van der Waals surface area contributed by atoms with Crippen LogP contribution in [0.4, 0.5) is 5.69 Å². The highest BCUT2D eigenvalue weighted by atomic mass is 16.5. The van der Waals surface area contributed by atoms with Gasteiger partial charge in [0.05, 0.1) is 19.3 Å². The molecule has 2 aromatic carbocycles. The first-order valence-electron chi connectivity index (χ1n) is 13.1. The summed E-state index contributed by atoms with van der Waals surface area (Å²) in [4.78, 5) is 27.7. The lowest BCUT2D eigenvalue weighted by atomic mass is 9.89. The number of hydrogen-bond donors (Lipinski definition) is 1. The van der Waals surface area contributed by atoms with Crippen LogP contribution in [0.3, 0.4) is 0 Å². The molecule has 1 aliphatic carbocycles. The molecule has 0 unspecified atom stereocenters. The Morgan fingerprint density at radius 2 is 1.68 bits per heavy atom. The molecule has 2 heterocycles. The van der Waals surface area contributed by atoms with Crippen LogP contribution in [0.2, 0.25) is 0 Å². The van der Waals surface area contributed by atoms with Crippen LogP contribution in [-0.2, 0) is 7.05 Å². The van der Waals surface area contributed by atoms with Crippen molar-refractivity contribution in [3.63, 3.8) is 0 Å². The molecular formula is C30H35N3O4. The Morgan fingerprint density at radius 3 is 2.30 bits per heavy atom. The SMILES string of the molecule is COc1ccc(C(=O)Nc2ccc(C3CCN(C(=O)c4cc(C)n(C)c4)CC3)cc2)cc1OCC1CC1.